The van der Waals surface area contributed by atoms with Gasteiger partial charge in [-0.1, -0.05) is 42.5 Å². The van der Waals surface area contributed by atoms with Crippen LogP contribution in [0.2, 0.25) is 0 Å². The Hall–Kier alpha value is -3.49. The minimum atomic E-state index is -3.63. The number of sulfonamides is 1. The van der Waals surface area contributed by atoms with Gasteiger partial charge in [0, 0.05) is 11.3 Å². The Morgan fingerprint density at radius 1 is 0.906 bits per heavy atom. The van der Waals surface area contributed by atoms with Crippen molar-refractivity contribution in [1.82, 2.24) is 4.72 Å². The molecule has 0 spiro atoms. The molecule has 0 fully saturated rings. The molecule has 1 amide bonds. The summed E-state index contributed by atoms with van der Waals surface area (Å²) >= 11 is 0. The molecule has 0 radical (unpaired) electrons. The van der Waals surface area contributed by atoms with E-state index in [0.29, 0.717) is 11.3 Å². The summed E-state index contributed by atoms with van der Waals surface area (Å²) in [4.78, 5) is 25.9. The molecule has 1 unspecified atom stereocenters. The van der Waals surface area contributed by atoms with Crippen LogP contribution in [0.3, 0.4) is 0 Å². The first-order valence-corrected chi connectivity index (χ1v) is 11.4. The average molecular weight is 453 g/mol. The summed E-state index contributed by atoms with van der Waals surface area (Å²) < 4.78 is 31.5. The number of anilines is 1. The fourth-order valence-corrected chi connectivity index (χ4v) is 3.76. The number of carbonyl (C=O) groups is 2. The second kappa shape index (κ2) is 9.76. The summed E-state index contributed by atoms with van der Waals surface area (Å²) in [5, 5.41) is 2.84. The lowest BCUT2D eigenvalue weighted by Gasteiger charge is -2.19. The van der Waals surface area contributed by atoms with Gasteiger partial charge in [-0.2, -0.15) is 0 Å². The second-order valence-electron chi connectivity index (χ2n) is 7.24. The van der Waals surface area contributed by atoms with E-state index < -0.39 is 28.0 Å². The van der Waals surface area contributed by atoms with Gasteiger partial charge in [0.25, 0.3) is 5.91 Å². The maximum atomic E-state index is 13.1. The van der Waals surface area contributed by atoms with E-state index in [1.165, 1.54) is 31.3 Å². The van der Waals surface area contributed by atoms with E-state index in [9.17, 15) is 18.0 Å². The summed E-state index contributed by atoms with van der Waals surface area (Å²) in [5.41, 5.74) is 3.13. The third kappa shape index (κ3) is 5.40. The molecule has 32 heavy (non-hydrogen) atoms. The SMILES string of the molecule is CNS(=O)(=O)c1ccc(C(=O)OC(C(=O)Nc2cc(C)ccc2C)c2ccccc2)cc1. The van der Waals surface area contributed by atoms with Crippen LogP contribution in [0.1, 0.15) is 33.2 Å². The number of carbonyl (C=O) groups excluding carboxylic acids is 2. The van der Waals surface area contributed by atoms with E-state index in [1.54, 1.807) is 30.3 Å². The van der Waals surface area contributed by atoms with Crippen molar-refractivity contribution in [3.63, 3.8) is 0 Å². The Labute approximate surface area is 187 Å². The fourth-order valence-electron chi connectivity index (χ4n) is 3.03. The Bertz CT molecular complexity index is 1220. The van der Waals surface area contributed by atoms with Crippen molar-refractivity contribution in [2.24, 2.45) is 0 Å². The van der Waals surface area contributed by atoms with Crippen LogP contribution in [-0.4, -0.2) is 27.3 Å². The zero-order chi connectivity index (χ0) is 23.3. The average Bonchev–Trinajstić information content (AvgIpc) is 2.80. The third-order valence-corrected chi connectivity index (χ3v) is 6.32. The molecule has 0 aliphatic heterocycles. The molecule has 8 heteroatoms. The van der Waals surface area contributed by atoms with Crippen LogP contribution in [0.25, 0.3) is 0 Å². The first-order valence-electron chi connectivity index (χ1n) is 9.89. The lowest BCUT2D eigenvalue weighted by atomic mass is 10.1. The number of hydrogen-bond acceptors (Lipinski definition) is 5. The lowest BCUT2D eigenvalue weighted by molar-refractivity contribution is -0.125. The number of benzene rings is 3. The van der Waals surface area contributed by atoms with Gasteiger partial charge in [0.2, 0.25) is 16.1 Å². The number of amides is 1. The maximum Gasteiger partial charge on any atom is 0.339 e. The van der Waals surface area contributed by atoms with E-state index in [0.717, 1.165) is 11.1 Å². The molecule has 0 heterocycles. The van der Waals surface area contributed by atoms with Crippen LogP contribution in [0, 0.1) is 13.8 Å². The van der Waals surface area contributed by atoms with E-state index in [4.69, 9.17) is 4.74 Å². The smallest absolute Gasteiger partial charge is 0.339 e. The van der Waals surface area contributed by atoms with Crippen molar-refractivity contribution >= 4 is 27.6 Å². The van der Waals surface area contributed by atoms with Crippen LogP contribution >= 0.6 is 0 Å². The minimum absolute atomic E-state index is 0.0174. The number of esters is 1. The third-order valence-electron chi connectivity index (χ3n) is 4.89. The number of aryl methyl sites for hydroxylation is 2. The van der Waals surface area contributed by atoms with E-state index in [1.807, 2.05) is 32.0 Å². The number of nitrogens with one attached hydrogen (secondary N) is 2. The van der Waals surface area contributed by atoms with Gasteiger partial charge < -0.3 is 10.1 Å². The molecule has 0 aliphatic rings. The molecular weight excluding hydrogens is 428 g/mol. The molecule has 2 N–H and O–H groups in total. The van der Waals surface area contributed by atoms with Crippen LogP contribution in [0.15, 0.2) is 77.7 Å². The quantitative estimate of drug-likeness (QED) is 0.532. The normalized spacial score (nSPS) is 12.1. The standard InChI is InChI=1S/C24H24N2O5S/c1-16-9-10-17(2)21(15-16)26-23(27)22(18-7-5-4-6-8-18)31-24(28)19-11-13-20(14-12-19)32(29,30)25-3/h4-15,22,25H,1-3H3,(H,26,27). The van der Waals surface area contributed by atoms with Crippen LogP contribution < -0.4 is 10.0 Å². The van der Waals surface area contributed by atoms with Crippen molar-refractivity contribution in [1.29, 1.82) is 0 Å². The molecule has 7 nitrogen and oxygen atoms in total. The highest BCUT2D eigenvalue weighted by Crippen LogP contribution is 2.24. The van der Waals surface area contributed by atoms with Gasteiger partial charge in [-0.05, 0) is 62.4 Å². The monoisotopic (exact) mass is 452 g/mol. The number of rotatable bonds is 7. The lowest BCUT2D eigenvalue weighted by Crippen LogP contribution is -2.26. The van der Waals surface area contributed by atoms with E-state index >= 15 is 0 Å². The highest BCUT2D eigenvalue weighted by molar-refractivity contribution is 7.89. The highest BCUT2D eigenvalue weighted by atomic mass is 32.2. The number of ether oxygens (including phenoxy) is 1. The summed E-state index contributed by atoms with van der Waals surface area (Å²) in [6.45, 7) is 3.79. The molecule has 3 aromatic rings. The van der Waals surface area contributed by atoms with Crippen molar-refractivity contribution in [3.8, 4) is 0 Å². The summed E-state index contributed by atoms with van der Waals surface area (Å²) in [6.07, 6.45) is -1.19. The van der Waals surface area contributed by atoms with Crippen molar-refractivity contribution in [3.05, 3.63) is 95.1 Å². The van der Waals surface area contributed by atoms with Gasteiger partial charge in [0.05, 0.1) is 10.5 Å². The van der Waals surface area contributed by atoms with Gasteiger partial charge >= 0.3 is 5.97 Å². The van der Waals surface area contributed by atoms with Crippen LogP contribution in [0.5, 0.6) is 0 Å². The molecule has 3 rings (SSSR count). The second-order valence-corrected chi connectivity index (χ2v) is 9.12. The molecule has 3 aromatic carbocycles. The van der Waals surface area contributed by atoms with Gasteiger partial charge in [-0.25, -0.2) is 17.9 Å². The number of hydrogen-bond donors (Lipinski definition) is 2. The zero-order valence-corrected chi connectivity index (χ0v) is 18.8. The maximum absolute atomic E-state index is 13.1. The molecule has 0 saturated carbocycles. The highest BCUT2D eigenvalue weighted by Gasteiger charge is 2.26. The van der Waals surface area contributed by atoms with Crippen LogP contribution in [0.4, 0.5) is 5.69 Å². The first kappa shape index (κ1) is 23.2. The fraction of sp³-hybridized carbons (Fsp3) is 0.167. The van der Waals surface area contributed by atoms with Crippen molar-refractivity contribution in [2.75, 3.05) is 12.4 Å². The molecular formula is C24H24N2O5S. The molecule has 0 aromatic heterocycles. The van der Waals surface area contributed by atoms with Crippen molar-refractivity contribution in [2.45, 2.75) is 24.8 Å². The summed E-state index contributed by atoms with van der Waals surface area (Å²) in [7, 11) is -2.33. The van der Waals surface area contributed by atoms with E-state index in [2.05, 4.69) is 10.0 Å². The van der Waals surface area contributed by atoms with Crippen LogP contribution in [-0.2, 0) is 19.6 Å². The Balaban J connectivity index is 1.86. The molecule has 0 saturated heterocycles. The van der Waals surface area contributed by atoms with Gasteiger partial charge in [-0.3, -0.25) is 4.79 Å². The largest absolute Gasteiger partial charge is 0.444 e. The zero-order valence-electron chi connectivity index (χ0n) is 18.0. The summed E-state index contributed by atoms with van der Waals surface area (Å²) in [5.74, 6) is -1.24. The Morgan fingerprint density at radius 2 is 1.56 bits per heavy atom. The first-order chi connectivity index (χ1) is 15.2. The van der Waals surface area contributed by atoms with Crippen molar-refractivity contribution < 1.29 is 22.7 Å². The predicted octanol–water partition coefficient (Wildman–Crippen LogP) is 3.75. The predicted molar refractivity (Wildman–Crippen MR) is 122 cm³/mol. The van der Waals surface area contributed by atoms with Gasteiger partial charge in [-0.15, -0.1) is 0 Å². The Morgan fingerprint density at radius 3 is 2.19 bits per heavy atom. The minimum Gasteiger partial charge on any atom is -0.444 e. The molecule has 0 bridgehead atoms. The van der Waals surface area contributed by atoms with E-state index in [-0.39, 0.29) is 10.5 Å². The Kier molecular flexibility index (Phi) is 7.07. The van der Waals surface area contributed by atoms with Gasteiger partial charge in [0.1, 0.15) is 0 Å². The molecule has 166 valence electrons. The van der Waals surface area contributed by atoms with Gasteiger partial charge in [0.15, 0.2) is 0 Å². The molecule has 0 aliphatic carbocycles. The molecule has 1 atom stereocenters. The summed E-state index contributed by atoms with van der Waals surface area (Å²) in [6, 6.07) is 19.7. The topological polar surface area (TPSA) is 102 Å².